The van der Waals surface area contributed by atoms with Crippen molar-refractivity contribution in [1.82, 2.24) is 4.98 Å². The molecule has 0 fully saturated rings. The largest absolute Gasteiger partial charge is 0.326 e. The molecule has 0 atom stereocenters. The number of carbonyl (C=O) groups is 1. The van der Waals surface area contributed by atoms with Gasteiger partial charge in [-0.3, -0.25) is 4.79 Å². The van der Waals surface area contributed by atoms with Gasteiger partial charge in [-0.2, -0.15) is 0 Å². The molecule has 0 radical (unpaired) electrons. The third-order valence-electron chi connectivity index (χ3n) is 3.25. The van der Waals surface area contributed by atoms with Crippen LogP contribution in [-0.2, 0) is 11.2 Å². The second-order valence-electron chi connectivity index (χ2n) is 5.04. The number of amides is 1. The maximum absolute atomic E-state index is 12.1. The molecule has 118 valence electrons. The highest BCUT2D eigenvalue weighted by atomic mass is 35.5. The molecule has 2 aromatic heterocycles. The molecule has 1 amide bonds. The molecule has 1 aromatic carbocycles. The number of halogens is 1. The van der Waals surface area contributed by atoms with Crippen molar-refractivity contribution < 1.29 is 4.79 Å². The second kappa shape index (κ2) is 7.25. The Bertz CT molecular complexity index is 812. The highest BCUT2D eigenvalue weighted by molar-refractivity contribution is 7.15. The van der Waals surface area contributed by atoms with Gasteiger partial charge in [-0.05, 0) is 43.0 Å². The van der Waals surface area contributed by atoms with Crippen molar-refractivity contribution in [2.24, 2.45) is 0 Å². The molecule has 3 aromatic rings. The minimum absolute atomic E-state index is 0.0181. The van der Waals surface area contributed by atoms with E-state index in [0.29, 0.717) is 17.9 Å². The number of benzene rings is 1. The smallest absolute Gasteiger partial charge is 0.224 e. The fraction of sp³-hybridized carbons (Fsp3) is 0.176. The maximum atomic E-state index is 12.1. The molecule has 2 heterocycles. The summed E-state index contributed by atoms with van der Waals surface area (Å²) in [7, 11) is 0. The van der Waals surface area contributed by atoms with Crippen molar-refractivity contribution in [2.45, 2.75) is 19.8 Å². The van der Waals surface area contributed by atoms with E-state index in [1.807, 2.05) is 30.5 Å². The Morgan fingerprint density at radius 1 is 1.30 bits per heavy atom. The van der Waals surface area contributed by atoms with Gasteiger partial charge in [0, 0.05) is 22.0 Å². The molecule has 0 aliphatic rings. The van der Waals surface area contributed by atoms with E-state index in [4.69, 9.17) is 11.6 Å². The van der Waals surface area contributed by atoms with Gasteiger partial charge >= 0.3 is 0 Å². The van der Waals surface area contributed by atoms with Crippen LogP contribution in [0.15, 0.2) is 41.8 Å². The van der Waals surface area contributed by atoms with E-state index < -0.39 is 0 Å². The number of nitrogens with zero attached hydrogens (tertiary/aromatic N) is 1. The molecular weight excluding hydrogens is 348 g/mol. The quantitative estimate of drug-likeness (QED) is 0.659. The van der Waals surface area contributed by atoms with Gasteiger partial charge in [0.15, 0.2) is 0 Å². The summed E-state index contributed by atoms with van der Waals surface area (Å²) in [6.07, 6.45) is 1.11. The minimum Gasteiger partial charge on any atom is -0.326 e. The Kier molecular flexibility index (Phi) is 5.10. The fourth-order valence-electron chi connectivity index (χ4n) is 2.26. The zero-order chi connectivity index (χ0) is 16.2. The van der Waals surface area contributed by atoms with Crippen LogP contribution < -0.4 is 5.32 Å². The molecule has 0 bridgehead atoms. The monoisotopic (exact) mass is 362 g/mol. The number of rotatable bonds is 5. The van der Waals surface area contributed by atoms with Crippen LogP contribution in [0.5, 0.6) is 0 Å². The first-order valence-corrected chi connectivity index (χ1v) is 9.25. The Morgan fingerprint density at radius 2 is 2.17 bits per heavy atom. The van der Waals surface area contributed by atoms with Crippen LogP contribution in [0.3, 0.4) is 0 Å². The summed E-state index contributed by atoms with van der Waals surface area (Å²) in [6.45, 7) is 2.00. The number of nitrogens with one attached hydrogen (secondary N) is 1. The molecule has 1 N–H and O–H groups in total. The number of aryl methyl sites for hydroxylation is 2. The lowest BCUT2D eigenvalue weighted by Crippen LogP contribution is -2.12. The number of thiazole rings is 1. The zero-order valence-corrected chi connectivity index (χ0v) is 14.9. The third-order valence-corrected chi connectivity index (χ3v) is 5.39. The number of thiophene rings is 1. The summed E-state index contributed by atoms with van der Waals surface area (Å²) in [5, 5.41) is 6.56. The van der Waals surface area contributed by atoms with Crippen LogP contribution in [-0.4, -0.2) is 10.9 Å². The van der Waals surface area contributed by atoms with E-state index in [1.54, 1.807) is 34.8 Å². The highest BCUT2D eigenvalue weighted by Crippen LogP contribution is 2.32. The summed E-state index contributed by atoms with van der Waals surface area (Å²) in [5.41, 5.74) is 1.74. The van der Waals surface area contributed by atoms with E-state index in [2.05, 4.69) is 16.4 Å². The molecule has 0 aliphatic heterocycles. The first-order valence-electron chi connectivity index (χ1n) is 7.17. The van der Waals surface area contributed by atoms with Gasteiger partial charge in [-0.25, -0.2) is 4.98 Å². The van der Waals surface area contributed by atoms with Crippen molar-refractivity contribution in [3.8, 4) is 10.6 Å². The minimum atomic E-state index is -0.0181. The lowest BCUT2D eigenvalue weighted by atomic mass is 10.2. The molecule has 0 unspecified atom stereocenters. The summed E-state index contributed by atoms with van der Waals surface area (Å²) in [4.78, 5) is 19.1. The first-order chi connectivity index (χ1) is 11.1. The molecule has 0 saturated carbocycles. The standard InChI is InChI=1S/C17H15ClN2OS2/c1-11-19-17(14-6-3-9-22-14)15(23-11)7-8-16(21)20-13-5-2-4-12(18)10-13/h2-6,9-10H,7-8H2,1H3,(H,20,21). The van der Waals surface area contributed by atoms with Crippen LogP contribution in [0.1, 0.15) is 16.3 Å². The van der Waals surface area contributed by atoms with Gasteiger partial charge in [0.05, 0.1) is 15.6 Å². The van der Waals surface area contributed by atoms with Crippen molar-refractivity contribution in [2.75, 3.05) is 5.32 Å². The average Bonchev–Trinajstić information content (AvgIpc) is 3.14. The van der Waals surface area contributed by atoms with Gasteiger partial charge in [-0.15, -0.1) is 22.7 Å². The van der Waals surface area contributed by atoms with E-state index in [9.17, 15) is 4.79 Å². The van der Waals surface area contributed by atoms with Gasteiger partial charge < -0.3 is 5.32 Å². The van der Waals surface area contributed by atoms with Gasteiger partial charge in [0.25, 0.3) is 0 Å². The lowest BCUT2D eigenvalue weighted by Gasteiger charge is -2.05. The predicted octanol–water partition coefficient (Wildman–Crippen LogP) is 5.40. The Balaban J connectivity index is 1.65. The Hall–Kier alpha value is -1.69. The SMILES string of the molecule is Cc1nc(-c2cccs2)c(CCC(=O)Nc2cccc(Cl)c2)s1. The van der Waals surface area contributed by atoms with Crippen molar-refractivity contribution in [3.63, 3.8) is 0 Å². The molecule has 23 heavy (non-hydrogen) atoms. The van der Waals surface area contributed by atoms with E-state index in [-0.39, 0.29) is 5.91 Å². The van der Waals surface area contributed by atoms with Gasteiger partial charge in [0.2, 0.25) is 5.91 Å². The van der Waals surface area contributed by atoms with E-state index in [1.165, 1.54) is 0 Å². The summed E-state index contributed by atoms with van der Waals surface area (Å²) in [6, 6.07) is 11.3. The average molecular weight is 363 g/mol. The molecule has 0 saturated heterocycles. The Labute approximate surface area is 148 Å². The lowest BCUT2D eigenvalue weighted by molar-refractivity contribution is -0.116. The van der Waals surface area contributed by atoms with Crippen molar-refractivity contribution in [1.29, 1.82) is 0 Å². The van der Waals surface area contributed by atoms with E-state index >= 15 is 0 Å². The van der Waals surface area contributed by atoms with Crippen molar-refractivity contribution in [3.05, 3.63) is 56.7 Å². The molecule has 0 spiro atoms. The summed E-state index contributed by atoms with van der Waals surface area (Å²) >= 11 is 9.25. The van der Waals surface area contributed by atoms with Crippen LogP contribution in [0, 0.1) is 6.92 Å². The Morgan fingerprint density at radius 3 is 2.91 bits per heavy atom. The fourth-order valence-corrected chi connectivity index (χ4v) is 4.21. The number of anilines is 1. The van der Waals surface area contributed by atoms with Crippen LogP contribution in [0.2, 0.25) is 5.02 Å². The second-order valence-corrected chi connectivity index (χ2v) is 7.71. The number of hydrogen-bond acceptors (Lipinski definition) is 4. The summed E-state index contributed by atoms with van der Waals surface area (Å²) in [5.74, 6) is -0.0181. The maximum Gasteiger partial charge on any atom is 0.224 e. The molecule has 6 heteroatoms. The number of carbonyl (C=O) groups excluding carboxylic acids is 1. The summed E-state index contributed by atoms with van der Waals surface area (Å²) < 4.78 is 0. The first kappa shape index (κ1) is 16.2. The molecule has 3 rings (SSSR count). The van der Waals surface area contributed by atoms with Gasteiger partial charge in [0.1, 0.15) is 0 Å². The topological polar surface area (TPSA) is 42.0 Å². The molecule has 3 nitrogen and oxygen atoms in total. The third kappa shape index (κ3) is 4.19. The van der Waals surface area contributed by atoms with E-state index in [0.717, 1.165) is 26.1 Å². The van der Waals surface area contributed by atoms with Crippen LogP contribution in [0.4, 0.5) is 5.69 Å². The van der Waals surface area contributed by atoms with Crippen molar-refractivity contribution >= 4 is 45.9 Å². The zero-order valence-electron chi connectivity index (χ0n) is 12.5. The van der Waals surface area contributed by atoms with Crippen LogP contribution >= 0.6 is 34.3 Å². The molecule has 0 aliphatic carbocycles. The number of aromatic nitrogens is 1. The molecular formula is C17H15ClN2OS2. The normalized spacial score (nSPS) is 10.7. The number of hydrogen-bond donors (Lipinski definition) is 1. The van der Waals surface area contributed by atoms with Crippen LogP contribution in [0.25, 0.3) is 10.6 Å². The highest BCUT2D eigenvalue weighted by Gasteiger charge is 2.13. The predicted molar refractivity (Wildman–Crippen MR) is 98.6 cm³/mol. The van der Waals surface area contributed by atoms with Gasteiger partial charge in [-0.1, -0.05) is 23.7 Å².